The molecule has 1 nitrogen and oxygen atoms in total. The summed E-state index contributed by atoms with van der Waals surface area (Å²) in [6.45, 7) is 7.31. The summed E-state index contributed by atoms with van der Waals surface area (Å²) in [7, 11) is 0. The third-order valence-electron chi connectivity index (χ3n) is 4.47. The summed E-state index contributed by atoms with van der Waals surface area (Å²) in [6.07, 6.45) is 2.66. The van der Waals surface area contributed by atoms with Gasteiger partial charge in [0.05, 0.1) is 0 Å². The summed E-state index contributed by atoms with van der Waals surface area (Å²) in [6, 6.07) is 17.7. The van der Waals surface area contributed by atoms with Crippen LogP contribution in [0.15, 0.2) is 48.5 Å². The predicted octanol–water partition coefficient (Wildman–Crippen LogP) is 2.50. The molecule has 20 heavy (non-hydrogen) atoms. The zero-order valence-electron chi connectivity index (χ0n) is 12.5. The average Bonchev–Trinajstić information content (AvgIpc) is 2.97. The van der Waals surface area contributed by atoms with Gasteiger partial charge >= 0.3 is 0 Å². The van der Waals surface area contributed by atoms with Crippen molar-refractivity contribution in [3.63, 3.8) is 0 Å². The minimum absolute atomic E-state index is 0.417. The highest BCUT2D eigenvalue weighted by molar-refractivity contribution is 6.83. The quantitative estimate of drug-likeness (QED) is 0.769. The summed E-state index contributed by atoms with van der Waals surface area (Å²) in [4.78, 5) is 2.64. The minimum atomic E-state index is 0.417. The normalized spacial score (nSPS) is 15.9. The van der Waals surface area contributed by atoms with Crippen LogP contribution >= 0.6 is 0 Å². The van der Waals surface area contributed by atoms with Crippen molar-refractivity contribution in [1.82, 2.24) is 4.81 Å². The van der Waals surface area contributed by atoms with E-state index in [4.69, 9.17) is 0 Å². The molecule has 3 rings (SSSR count). The van der Waals surface area contributed by atoms with Crippen LogP contribution in [0, 0.1) is 13.8 Å². The molecule has 2 heteroatoms. The smallest absolute Gasteiger partial charge is 0.00592 e. The minimum Gasteiger partial charge on any atom is -0.495 e. The molecule has 0 aliphatic carbocycles. The first kappa shape index (κ1) is 13.4. The van der Waals surface area contributed by atoms with Gasteiger partial charge in [0.15, 0.2) is 0 Å². The Balaban J connectivity index is 2.09. The number of hydrogen-bond acceptors (Lipinski definition) is 1. The van der Waals surface area contributed by atoms with Crippen LogP contribution in [0.3, 0.4) is 0 Å². The summed E-state index contributed by atoms with van der Waals surface area (Å²) in [5.74, 6) is 0. The van der Waals surface area contributed by atoms with Gasteiger partial charge in [-0.1, -0.05) is 59.7 Å². The number of rotatable bonds is 3. The Morgan fingerprint density at radius 2 is 1.20 bits per heavy atom. The van der Waals surface area contributed by atoms with E-state index in [9.17, 15) is 0 Å². The lowest BCUT2D eigenvalue weighted by molar-refractivity contribution is 0.548. The van der Waals surface area contributed by atoms with Crippen molar-refractivity contribution < 1.29 is 0 Å². The van der Waals surface area contributed by atoms with E-state index in [1.165, 1.54) is 48.0 Å². The summed E-state index contributed by atoms with van der Waals surface area (Å²) >= 11 is 0. The lowest BCUT2D eigenvalue weighted by Gasteiger charge is -2.42. The third-order valence-corrected chi connectivity index (χ3v) is 4.47. The zero-order chi connectivity index (χ0) is 13.9. The maximum atomic E-state index is 2.64. The van der Waals surface area contributed by atoms with Crippen molar-refractivity contribution in [3.8, 4) is 0 Å². The van der Waals surface area contributed by atoms with E-state index in [0.29, 0.717) is 6.85 Å². The first-order chi connectivity index (χ1) is 9.77. The van der Waals surface area contributed by atoms with Crippen molar-refractivity contribution in [1.29, 1.82) is 0 Å². The molecule has 0 N–H and O–H groups in total. The SMILES string of the molecule is Cc1ccccc1[B-](c1ccccc1C)N1CCCC1. The monoisotopic (exact) mass is 263 g/mol. The van der Waals surface area contributed by atoms with Crippen LogP contribution in [0.5, 0.6) is 0 Å². The maximum absolute atomic E-state index is 2.64. The Morgan fingerprint density at radius 3 is 1.65 bits per heavy atom. The number of benzene rings is 2. The summed E-state index contributed by atoms with van der Waals surface area (Å²) in [5, 5.41) is 0. The molecule has 0 bridgehead atoms. The van der Waals surface area contributed by atoms with Crippen LogP contribution in [0.2, 0.25) is 0 Å². The van der Waals surface area contributed by atoms with Gasteiger partial charge in [-0.05, 0) is 39.8 Å². The van der Waals surface area contributed by atoms with E-state index in [0.717, 1.165) is 0 Å². The molecule has 1 radical (unpaired) electrons. The number of hydrogen-bond donors (Lipinski definition) is 0. The second-order valence-corrected chi connectivity index (χ2v) is 5.86. The van der Waals surface area contributed by atoms with Crippen LogP contribution in [-0.4, -0.2) is 24.7 Å². The van der Waals surface area contributed by atoms with Gasteiger partial charge in [-0.3, -0.25) is 0 Å². The zero-order valence-corrected chi connectivity index (χ0v) is 12.5. The van der Waals surface area contributed by atoms with E-state index >= 15 is 0 Å². The van der Waals surface area contributed by atoms with E-state index in [-0.39, 0.29) is 0 Å². The van der Waals surface area contributed by atoms with Crippen LogP contribution < -0.4 is 10.9 Å². The molecule has 1 heterocycles. The van der Waals surface area contributed by atoms with Crippen molar-refractivity contribution >= 4 is 17.8 Å². The molecule has 1 aliphatic rings. The Hall–Kier alpha value is -1.54. The van der Waals surface area contributed by atoms with E-state index < -0.39 is 0 Å². The van der Waals surface area contributed by atoms with Crippen molar-refractivity contribution in [2.24, 2.45) is 0 Å². The van der Waals surface area contributed by atoms with Crippen LogP contribution in [0.25, 0.3) is 0 Å². The highest BCUT2D eigenvalue weighted by atomic mass is 15.1. The fourth-order valence-corrected chi connectivity index (χ4v) is 3.35. The van der Waals surface area contributed by atoms with Gasteiger partial charge in [0.2, 0.25) is 0 Å². The van der Waals surface area contributed by atoms with Gasteiger partial charge in [-0.15, -0.1) is 0 Å². The van der Waals surface area contributed by atoms with Gasteiger partial charge in [0, 0.05) is 6.85 Å². The number of aryl methyl sites for hydroxylation is 2. The van der Waals surface area contributed by atoms with Crippen LogP contribution in [0.1, 0.15) is 24.0 Å². The molecule has 1 fully saturated rings. The second kappa shape index (κ2) is 5.84. The van der Waals surface area contributed by atoms with Crippen molar-refractivity contribution in [2.45, 2.75) is 26.7 Å². The third kappa shape index (κ3) is 2.53. The van der Waals surface area contributed by atoms with Crippen molar-refractivity contribution in [2.75, 3.05) is 13.1 Å². The van der Waals surface area contributed by atoms with E-state index in [2.05, 4.69) is 67.2 Å². The summed E-state index contributed by atoms with van der Waals surface area (Å²) < 4.78 is 0. The molecule has 2 aromatic carbocycles. The fourth-order valence-electron chi connectivity index (χ4n) is 3.35. The molecule has 0 aromatic heterocycles. The Kier molecular flexibility index (Phi) is 3.93. The van der Waals surface area contributed by atoms with E-state index in [1.54, 1.807) is 0 Å². The molecular formula is C18H22BN-. The van der Waals surface area contributed by atoms with Crippen LogP contribution in [-0.2, 0) is 0 Å². The molecular weight excluding hydrogens is 241 g/mol. The average molecular weight is 263 g/mol. The topological polar surface area (TPSA) is 3.24 Å². The molecule has 0 spiro atoms. The predicted molar refractivity (Wildman–Crippen MR) is 88.2 cm³/mol. The highest BCUT2D eigenvalue weighted by Crippen LogP contribution is 2.12. The van der Waals surface area contributed by atoms with Crippen molar-refractivity contribution in [3.05, 3.63) is 59.7 Å². The molecule has 103 valence electrons. The largest absolute Gasteiger partial charge is 0.495 e. The molecule has 0 amide bonds. The van der Waals surface area contributed by atoms with Gasteiger partial charge < -0.3 is 4.81 Å². The summed E-state index contributed by atoms with van der Waals surface area (Å²) in [5.41, 5.74) is 5.72. The first-order valence-electron chi connectivity index (χ1n) is 7.62. The molecule has 0 saturated carbocycles. The Labute approximate surface area is 122 Å². The number of nitrogens with zero attached hydrogens (tertiary/aromatic N) is 1. The maximum Gasteiger partial charge on any atom is 0.00592 e. The molecule has 0 atom stereocenters. The highest BCUT2D eigenvalue weighted by Gasteiger charge is 2.17. The fraction of sp³-hybridized carbons (Fsp3) is 0.333. The lowest BCUT2D eigenvalue weighted by atomic mass is 9.47. The standard InChI is InChI=1S/C18H22BN/c1-15-9-3-5-11-17(15)19(20-13-7-8-14-20)18-12-6-4-10-16(18)2/h3-6,9-12H,7-8,13-14H2,1-2H3/q-1. The van der Waals surface area contributed by atoms with E-state index in [1.807, 2.05) is 0 Å². The first-order valence-corrected chi connectivity index (χ1v) is 7.62. The van der Waals surface area contributed by atoms with Gasteiger partial charge in [0.1, 0.15) is 0 Å². The Bertz CT molecular complexity index is 542. The molecule has 1 saturated heterocycles. The molecule has 2 aromatic rings. The molecule has 1 aliphatic heterocycles. The van der Waals surface area contributed by atoms with Gasteiger partial charge in [-0.2, -0.15) is 0 Å². The van der Waals surface area contributed by atoms with Crippen LogP contribution in [0.4, 0.5) is 0 Å². The molecule has 0 unspecified atom stereocenters. The van der Waals surface area contributed by atoms with Gasteiger partial charge in [0.25, 0.3) is 0 Å². The second-order valence-electron chi connectivity index (χ2n) is 5.86. The lowest BCUT2D eigenvalue weighted by Crippen LogP contribution is -2.56. The Morgan fingerprint density at radius 1 is 0.750 bits per heavy atom. The van der Waals surface area contributed by atoms with Gasteiger partial charge in [-0.25, -0.2) is 10.9 Å².